The summed E-state index contributed by atoms with van der Waals surface area (Å²) in [7, 11) is -2.47. The number of hydrogen-bond donors (Lipinski definition) is 0. The molecule has 4 nitrogen and oxygen atoms in total. The van der Waals surface area contributed by atoms with Gasteiger partial charge < -0.3 is 4.52 Å². The van der Waals surface area contributed by atoms with Crippen LogP contribution in [0.15, 0.2) is 18.2 Å². The van der Waals surface area contributed by atoms with Crippen LogP contribution in [0.1, 0.15) is 20.8 Å². The maximum atomic E-state index is 12.2. The molecule has 0 saturated carbocycles. The van der Waals surface area contributed by atoms with Gasteiger partial charge in [-0.15, -0.1) is 0 Å². The largest absolute Gasteiger partial charge is 0.530 e. The fraction of sp³-hybridized carbons (Fsp3) is 0.455. The van der Waals surface area contributed by atoms with Crippen LogP contribution in [0.3, 0.4) is 0 Å². The van der Waals surface area contributed by atoms with Gasteiger partial charge in [0.2, 0.25) is 0 Å². The molecule has 1 aromatic rings. The minimum Gasteiger partial charge on any atom is -0.402 e. The van der Waals surface area contributed by atoms with Crippen molar-refractivity contribution in [2.45, 2.75) is 26.4 Å². The minimum atomic E-state index is -3.71. The summed E-state index contributed by atoms with van der Waals surface area (Å²) in [4.78, 5) is 0. The van der Waals surface area contributed by atoms with Crippen molar-refractivity contribution in [3.05, 3.63) is 28.2 Å². The molecule has 0 fully saturated rings. The van der Waals surface area contributed by atoms with E-state index in [1.807, 2.05) is 0 Å². The molecule has 0 aliphatic rings. The van der Waals surface area contributed by atoms with Crippen LogP contribution in [0.5, 0.6) is 5.75 Å². The van der Waals surface area contributed by atoms with Crippen LogP contribution in [-0.2, 0) is 13.6 Å². The molecule has 7 heteroatoms. The summed E-state index contributed by atoms with van der Waals surface area (Å²) in [5, 5.41) is 0.689. The number of halogens is 2. The standard InChI is InChI=1S/C11H15Cl2O4P/c1-11(2,3)17-18(14,15-4)16-10-6-5-8(12)7-9(10)13/h5-7H,1-4H3. The Kier molecular flexibility index (Phi) is 5.10. The van der Waals surface area contributed by atoms with Crippen LogP contribution in [-0.4, -0.2) is 12.7 Å². The molecule has 1 rings (SSSR count). The third kappa shape index (κ3) is 4.79. The summed E-state index contributed by atoms with van der Waals surface area (Å²) in [6, 6.07) is 4.55. The van der Waals surface area contributed by atoms with Gasteiger partial charge in [0, 0.05) is 12.1 Å². The van der Waals surface area contributed by atoms with E-state index in [0.717, 1.165) is 0 Å². The van der Waals surface area contributed by atoms with E-state index in [1.54, 1.807) is 26.8 Å². The summed E-state index contributed by atoms with van der Waals surface area (Å²) < 4.78 is 27.6. The number of hydrogen-bond acceptors (Lipinski definition) is 4. The van der Waals surface area contributed by atoms with E-state index < -0.39 is 13.4 Å². The molecule has 0 N–H and O–H groups in total. The number of phosphoric ester groups is 1. The van der Waals surface area contributed by atoms with Crippen LogP contribution >= 0.6 is 31.0 Å². The van der Waals surface area contributed by atoms with E-state index in [4.69, 9.17) is 36.8 Å². The summed E-state index contributed by atoms with van der Waals surface area (Å²) >= 11 is 11.7. The predicted molar refractivity (Wildman–Crippen MR) is 72.5 cm³/mol. The van der Waals surface area contributed by atoms with Gasteiger partial charge in [-0.2, -0.15) is 0 Å². The van der Waals surface area contributed by atoms with Gasteiger partial charge >= 0.3 is 7.82 Å². The molecule has 1 atom stereocenters. The van der Waals surface area contributed by atoms with Crippen LogP contribution in [0.25, 0.3) is 0 Å². The molecule has 1 unspecified atom stereocenters. The highest BCUT2D eigenvalue weighted by Crippen LogP contribution is 2.53. The Hall–Kier alpha value is -0.250. The summed E-state index contributed by atoms with van der Waals surface area (Å²) in [6.45, 7) is 5.22. The molecule has 102 valence electrons. The Morgan fingerprint density at radius 1 is 1.22 bits per heavy atom. The highest BCUT2D eigenvalue weighted by Gasteiger charge is 2.33. The first-order valence-electron chi connectivity index (χ1n) is 5.16. The molecule has 0 aromatic heterocycles. The second kappa shape index (κ2) is 5.81. The Bertz CT molecular complexity index is 471. The molecule has 0 radical (unpaired) electrons. The second-order valence-corrected chi connectivity index (χ2v) is 6.97. The molecule has 0 saturated heterocycles. The molecule has 0 bridgehead atoms. The third-order valence-electron chi connectivity index (χ3n) is 1.71. The third-order valence-corrected chi connectivity index (χ3v) is 3.88. The average Bonchev–Trinajstić information content (AvgIpc) is 2.20. The van der Waals surface area contributed by atoms with E-state index >= 15 is 0 Å². The summed E-state index contributed by atoms with van der Waals surface area (Å²) in [5.74, 6) is 0.190. The highest BCUT2D eigenvalue weighted by molar-refractivity contribution is 7.49. The summed E-state index contributed by atoms with van der Waals surface area (Å²) in [5.41, 5.74) is -0.676. The minimum absolute atomic E-state index is 0.190. The van der Waals surface area contributed by atoms with Crippen LogP contribution in [0.4, 0.5) is 0 Å². The molecular weight excluding hydrogens is 298 g/mol. The Balaban J connectivity index is 2.95. The zero-order valence-electron chi connectivity index (χ0n) is 10.6. The van der Waals surface area contributed by atoms with Crippen LogP contribution < -0.4 is 4.52 Å². The average molecular weight is 313 g/mol. The maximum Gasteiger partial charge on any atom is 0.530 e. The zero-order valence-corrected chi connectivity index (χ0v) is 13.0. The highest BCUT2D eigenvalue weighted by atomic mass is 35.5. The van der Waals surface area contributed by atoms with Crippen molar-refractivity contribution < 1.29 is 18.1 Å². The van der Waals surface area contributed by atoms with Crippen LogP contribution in [0.2, 0.25) is 10.0 Å². The van der Waals surface area contributed by atoms with Gasteiger partial charge in [0.1, 0.15) is 5.75 Å². The van der Waals surface area contributed by atoms with E-state index in [0.29, 0.717) is 5.02 Å². The molecule has 18 heavy (non-hydrogen) atoms. The number of benzene rings is 1. The first kappa shape index (κ1) is 15.8. The molecule has 0 aliphatic carbocycles. The van der Waals surface area contributed by atoms with Gasteiger partial charge in [0.25, 0.3) is 0 Å². The summed E-state index contributed by atoms with van der Waals surface area (Å²) in [6.07, 6.45) is 0. The second-order valence-electron chi connectivity index (χ2n) is 4.50. The Labute approximate surface area is 117 Å². The lowest BCUT2D eigenvalue weighted by Gasteiger charge is -2.25. The molecule has 1 aromatic carbocycles. The van der Waals surface area contributed by atoms with E-state index in [1.165, 1.54) is 19.2 Å². The fourth-order valence-electron chi connectivity index (χ4n) is 1.10. The molecule has 0 spiro atoms. The van der Waals surface area contributed by atoms with Gasteiger partial charge in [-0.1, -0.05) is 23.2 Å². The topological polar surface area (TPSA) is 44.8 Å². The monoisotopic (exact) mass is 312 g/mol. The van der Waals surface area contributed by atoms with Crippen molar-refractivity contribution in [1.82, 2.24) is 0 Å². The van der Waals surface area contributed by atoms with Crippen molar-refractivity contribution in [2.24, 2.45) is 0 Å². The SMILES string of the molecule is COP(=O)(Oc1ccc(Cl)cc1Cl)OC(C)(C)C. The van der Waals surface area contributed by atoms with E-state index in [9.17, 15) is 4.57 Å². The van der Waals surface area contributed by atoms with Crippen molar-refractivity contribution in [3.8, 4) is 5.75 Å². The van der Waals surface area contributed by atoms with Crippen LogP contribution in [0, 0.1) is 0 Å². The van der Waals surface area contributed by atoms with E-state index in [-0.39, 0.29) is 10.8 Å². The molecule has 0 heterocycles. The van der Waals surface area contributed by atoms with Crippen molar-refractivity contribution in [2.75, 3.05) is 7.11 Å². The van der Waals surface area contributed by atoms with Gasteiger partial charge in [-0.05, 0) is 39.0 Å². The quantitative estimate of drug-likeness (QED) is 0.738. The molecule has 0 aliphatic heterocycles. The Morgan fingerprint density at radius 2 is 1.83 bits per heavy atom. The first-order valence-corrected chi connectivity index (χ1v) is 7.38. The van der Waals surface area contributed by atoms with Crippen molar-refractivity contribution in [3.63, 3.8) is 0 Å². The lowest BCUT2D eigenvalue weighted by Crippen LogP contribution is -2.19. The zero-order chi connectivity index (χ0) is 14.0. The van der Waals surface area contributed by atoms with Gasteiger partial charge in [0.15, 0.2) is 0 Å². The molecule has 0 amide bonds. The normalized spacial score (nSPS) is 15.2. The molecular formula is C11H15Cl2O4P. The first-order chi connectivity index (χ1) is 8.15. The van der Waals surface area contributed by atoms with Gasteiger partial charge in [-0.3, -0.25) is 9.05 Å². The lowest BCUT2D eigenvalue weighted by atomic mass is 10.2. The van der Waals surface area contributed by atoms with Crippen molar-refractivity contribution in [1.29, 1.82) is 0 Å². The fourth-order valence-corrected chi connectivity index (χ4v) is 2.86. The smallest absolute Gasteiger partial charge is 0.402 e. The lowest BCUT2D eigenvalue weighted by molar-refractivity contribution is 0.0752. The predicted octanol–water partition coefficient (Wildman–Crippen LogP) is 4.94. The Morgan fingerprint density at radius 3 is 2.28 bits per heavy atom. The van der Waals surface area contributed by atoms with Gasteiger partial charge in [-0.25, -0.2) is 4.57 Å². The number of rotatable bonds is 4. The van der Waals surface area contributed by atoms with E-state index in [2.05, 4.69) is 0 Å². The number of phosphoric acid groups is 1. The van der Waals surface area contributed by atoms with Gasteiger partial charge in [0.05, 0.1) is 10.6 Å². The maximum absolute atomic E-state index is 12.2. The van der Waals surface area contributed by atoms with Crippen molar-refractivity contribution >= 4 is 31.0 Å².